The molecule has 0 aromatic heterocycles. The number of morpholine rings is 1. The summed E-state index contributed by atoms with van der Waals surface area (Å²) in [6.45, 7) is 1.04. The van der Waals surface area contributed by atoms with Crippen LogP contribution >= 0.6 is 0 Å². The van der Waals surface area contributed by atoms with Crippen molar-refractivity contribution in [1.82, 2.24) is 4.31 Å². The van der Waals surface area contributed by atoms with E-state index in [2.05, 4.69) is 5.32 Å². The third-order valence-corrected chi connectivity index (χ3v) is 7.09. The minimum atomic E-state index is -3.97. The lowest BCUT2D eigenvalue weighted by atomic mass is 10.1. The molecule has 164 valence electrons. The molecule has 0 unspecified atom stereocenters. The lowest BCUT2D eigenvalue weighted by Gasteiger charge is -2.29. The van der Waals surface area contributed by atoms with Gasteiger partial charge in [0.25, 0.3) is 5.91 Å². The quantitative estimate of drug-likeness (QED) is 0.505. The number of carbonyl (C=O) groups is 1. The zero-order valence-electron chi connectivity index (χ0n) is 17.0. The van der Waals surface area contributed by atoms with Crippen LogP contribution in [-0.4, -0.2) is 44.9 Å². The number of nitrogens with zero attached hydrogens (tertiary/aromatic N) is 1. The Balaban J connectivity index is 1.59. The Hall–Kier alpha value is -3.40. The van der Waals surface area contributed by atoms with Gasteiger partial charge in [-0.15, -0.1) is 0 Å². The van der Waals surface area contributed by atoms with E-state index in [0.717, 1.165) is 0 Å². The molecule has 32 heavy (non-hydrogen) atoms. The number of ether oxygens (including phenoxy) is 3. The predicted octanol–water partition coefficient (Wildman–Crippen LogP) is 3.86. The molecule has 1 amide bonds. The number of amides is 1. The first-order chi connectivity index (χ1) is 15.5. The highest BCUT2D eigenvalue weighted by Crippen LogP contribution is 2.49. The Kier molecular flexibility index (Phi) is 5.30. The van der Waals surface area contributed by atoms with Crippen molar-refractivity contribution >= 4 is 21.6 Å². The lowest BCUT2D eigenvalue weighted by molar-refractivity contribution is 0.0729. The van der Waals surface area contributed by atoms with E-state index >= 15 is 0 Å². The van der Waals surface area contributed by atoms with Crippen LogP contribution < -0.4 is 14.8 Å². The molecule has 9 heteroatoms. The van der Waals surface area contributed by atoms with Gasteiger partial charge in [-0.1, -0.05) is 30.3 Å². The van der Waals surface area contributed by atoms with E-state index in [0.29, 0.717) is 30.4 Å². The molecule has 2 heterocycles. The molecule has 3 aromatic carbocycles. The van der Waals surface area contributed by atoms with Gasteiger partial charge in [-0.05, 0) is 36.4 Å². The van der Waals surface area contributed by atoms with Crippen LogP contribution in [0, 0.1) is 0 Å². The second-order valence-corrected chi connectivity index (χ2v) is 9.20. The van der Waals surface area contributed by atoms with Gasteiger partial charge in [0.2, 0.25) is 10.0 Å². The van der Waals surface area contributed by atoms with E-state index in [9.17, 15) is 13.2 Å². The molecule has 1 fully saturated rings. The van der Waals surface area contributed by atoms with Crippen LogP contribution in [-0.2, 0) is 14.8 Å². The Morgan fingerprint density at radius 1 is 0.844 bits per heavy atom. The number of hydrogen-bond acceptors (Lipinski definition) is 6. The second kappa shape index (κ2) is 8.27. The monoisotopic (exact) mass is 452 g/mol. The topological polar surface area (TPSA) is 94.2 Å². The normalized spacial score (nSPS) is 15.6. The van der Waals surface area contributed by atoms with E-state index < -0.39 is 15.9 Å². The highest BCUT2D eigenvalue weighted by atomic mass is 32.2. The van der Waals surface area contributed by atoms with Gasteiger partial charge < -0.3 is 19.5 Å². The molecule has 0 saturated carbocycles. The maximum atomic E-state index is 13.5. The highest BCUT2D eigenvalue weighted by molar-refractivity contribution is 7.89. The summed E-state index contributed by atoms with van der Waals surface area (Å²) < 4.78 is 45.5. The average Bonchev–Trinajstić information content (AvgIpc) is 2.83. The van der Waals surface area contributed by atoms with Crippen LogP contribution in [0.4, 0.5) is 5.69 Å². The van der Waals surface area contributed by atoms with Gasteiger partial charge in [0, 0.05) is 24.3 Å². The maximum absolute atomic E-state index is 13.5. The number of hydrogen-bond donors (Lipinski definition) is 1. The van der Waals surface area contributed by atoms with Gasteiger partial charge >= 0.3 is 0 Å². The van der Waals surface area contributed by atoms with Crippen molar-refractivity contribution in [2.24, 2.45) is 0 Å². The molecule has 0 aliphatic carbocycles. The summed E-state index contributed by atoms with van der Waals surface area (Å²) in [6, 6.07) is 18.7. The summed E-state index contributed by atoms with van der Waals surface area (Å²) in [5.74, 6) is 0.609. The summed E-state index contributed by atoms with van der Waals surface area (Å²) in [5.41, 5.74) is 0.734. The molecule has 8 nitrogen and oxygen atoms in total. The summed E-state index contributed by atoms with van der Waals surface area (Å²) in [7, 11) is -3.97. The molecule has 1 saturated heterocycles. The predicted molar refractivity (Wildman–Crippen MR) is 117 cm³/mol. The standard InChI is InChI=1S/C23H20N2O6S/c26-23(24-17-6-2-1-3-7-17)16-14-20-22(31-19-9-5-4-8-18(19)30-20)21(15-16)32(27,28)25-10-12-29-13-11-25/h1-9,14-15H,10-13H2,(H,24,26). The van der Waals surface area contributed by atoms with Crippen LogP contribution in [0.15, 0.2) is 71.6 Å². The van der Waals surface area contributed by atoms with E-state index in [1.807, 2.05) is 6.07 Å². The molecule has 0 radical (unpaired) electrons. The van der Waals surface area contributed by atoms with E-state index in [1.165, 1.54) is 16.4 Å². The van der Waals surface area contributed by atoms with E-state index in [1.54, 1.807) is 48.5 Å². The number of sulfonamides is 1. The van der Waals surface area contributed by atoms with Crippen molar-refractivity contribution in [2.45, 2.75) is 4.90 Å². The second-order valence-electron chi connectivity index (χ2n) is 7.29. The molecular weight excluding hydrogens is 432 g/mol. The summed E-state index contributed by atoms with van der Waals surface area (Å²) in [4.78, 5) is 12.8. The van der Waals surface area contributed by atoms with Crippen molar-refractivity contribution in [3.63, 3.8) is 0 Å². The Labute approximate surface area is 185 Å². The molecule has 2 aliphatic heterocycles. The fourth-order valence-electron chi connectivity index (χ4n) is 3.57. The van der Waals surface area contributed by atoms with Crippen LogP contribution in [0.1, 0.15) is 10.4 Å². The van der Waals surface area contributed by atoms with Crippen LogP contribution in [0.3, 0.4) is 0 Å². The Morgan fingerprint density at radius 3 is 2.22 bits per heavy atom. The Morgan fingerprint density at radius 2 is 1.50 bits per heavy atom. The minimum absolute atomic E-state index is 0.0615. The third kappa shape index (κ3) is 3.81. The van der Waals surface area contributed by atoms with Crippen molar-refractivity contribution < 1.29 is 27.4 Å². The van der Waals surface area contributed by atoms with Gasteiger partial charge in [0.1, 0.15) is 4.90 Å². The zero-order chi connectivity index (χ0) is 22.1. The first kappa shape index (κ1) is 20.5. The number of carbonyl (C=O) groups excluding carboxylic acids is 1. The number of benzene rings is 3. The zero-order valence-corrected chi connectivity index (χ0v) is 17.8. The van der Waals surface area contributed by atoms with Crippen molar-refractivity contribution in [1.29, 1.82) is 0 Å². The number of fused-ring (bicyclic) bond motifs is 2. The third-order valence-electron chi connectivity index (χ3n) is 5.18. The van der Waals surface area contributed by atoms with Gasteiger partial charge in [-0.2, -0.15) is 4.31 Å². The molecular formula is C23H20N2O6S. The largest absolute Gasteiger partial charge is 0.449 e. The molecule has 0 spiro atoms. The highest BCUT2D eigenvalue weighted by Gasteiger charge is 2.34. The summed E-state index contributed by atoms with van der Waals surface area (Å²) >= 11 is 0. The van der Waals surface area contributed by atoms with Gasteiger partial charge in [-0.3, -0.25) is 4.79 Å². The minimum Gasteiger partial charge on any atom is -0.449 e. The maximum Gasteiger partial charge on any atom is 0.255 e. The summed E-state index contributed by atoms with van der Waals surface area (Å²) in [6.07, 6.45) is 0. The number of nitrogens with one attached hydrogen (secondary N) is 1. The van der Waals surface area contributed by atoms with Crippen molar-refractivity contribution in [3.05, 3.63) is 72.3 Å². The smallest absolute Gasteiger partial charge is 0.255 e. The van der Waals surface area contributed by atoms with Gasteiger partial charge in [0.05, 0.1) is 13.2 Å². The fourth-order valence-corrected chi connectivity index (χ4v) is 5.13. The number of anilines is 1. The van der Waals surface area contributed by atoms with Gasteiger partial charge in [-0.25, -0.2) is 8.42 Å². The Bertz CT molecular complexity index is 1270. The molecule has 5 rings (SSSR count). The van der Waals surface area contributed by atoms with Crippen LogP contribution in [0.25, 0.3) is 0 Å². The average molecular weight is 452 g/mol. The SMILES string of the molecule is O=C(Nc1ccccc1)c1cc2c(c(S(=O)(=O)N3CCOCC3)c1)Oc1ccccc1O2. The van der Waals surface area contributed by atoms with Gasteiger partial charge in [0.15, 0.2) is 23.0 Å². The molecule has 3 aromatic rings. The molecule has 2 aliphatic rings. The molecule has 1 N–H and O–H groups in total. The molecule has 0 atom stereocenters. The van der Waals surface area contributed by atoms with Crippen molar-refractivity contribution in [2.75, 3.05) is 31.6 Å². The number of rotatable bonds is 4. The van der Waals surface area contributed by atoms with E-state index in [-0.39, 0.29) is 35.0 Å². The molecule has 0 bridgehead atoms. The lowest BCUT2D eigenvalue weighted by Crippen LogP contribution is -2.40. The van der Waals surface area contributed by atoms with Crippen molar-refractivity contribution in [3.8, 4) is 23.0 Å². The fraction of sp³-hybridized carbons (Fsp3) is 0.174. The number of para-hydroxylation sites is 3. The van der Waals surface area contributed by atoms with E-state index in [4.69, 9.17) is 14.2 Å². The van der Waals surface area contributed by atoms with Crippen LogP contribution in [0.5, 0.6) is 23.0 Å². The first-order valence-electron chi connectivity index (χ1n) is 10.1. The first-order valence-corrected chi connectivity index (χ1v) is 11.5. The summed E-state index contributed by atoms with van der Waals surface area (Å²) in [5, 5.41) is 2.78. The van der Waals surface area contributed by atoms with Crippen LogP contribution in [0.2, 0.25) is 0 Å².